The maximum Gasteiger partial charge on any atom is 0.220 e. The second kappa shape index (κ2) is 8.20. The van der Waals surface area contributed by atoms with E-state index in [0.717, 1.165) is 48.5 Å². The molecule has 0 bridgehead atoms. The molecule has 1 fully saturated rings. The summed E-state index contributed by atoms with van der Waals surface area (Å²) in [4.78, 5) is 18.5. The maximum atomic E-state index is 11.4. The van der Waals surface area contributed by atoms with Crippen molar-refractivity contribution in [3.63, 3.8) is 0 Å². The normalized spacial score (nSPS) is 15.8. The zero-order valence-corrected chi connectivity index (χ0v) is 16.3. The first-order valence-corrected chi connectivity index (χ1v) is 9.82. The van der Waals surface area contributed by atoms with E-state index < -0.39 is 0 Å². The number of imidazole rings is 1. The Bertz CT molecular complexity index is 962. The molecule has 28 heavy (non-hydrogen) atoms. The SMILES string of the molecule is NC(=O)C1CCN(Cn2c(COc3ccc(Cl)cc3)nc3ccccc32)CC1. The van der Waals surface area contributed by atoms with Crippen LogP contribution in [-0.2, 0) is 18.1 Å². The van der Waals surface area contributed by atoms with Crippen LogP contribution in [0.1, 0.15) is 18.7 Å². The van der Waals surface area contributed by atoms with Crippen LogP contribution in [-0.4, -0.2) is 33.4 Å². The molecule has 0 saturated carbocycles. The van der Waals surface area contributed by atoms with E-state index in [0.29, 0.717) is 18.3 Å². The van der Waals surface area contributed by atoms with Crippen molar-refractivity contribution in [2.75, 3.05) is 13.1 Å². The predicted molar refractivity (Wildman–Crippen MR) is 109 cm³/mol. The van der Waals surface area contributed by atoms with E-state index in [-0.39, 0.29) is 11.8 Å². The average molecular weight is 399 g/mol. The summed E-state index contributed by atoms with van der Waals surface area (Å²) in [5.74, 6) is 1.42. The molecule has 7 heteroatoms. The lowest BCUT2D eigenvalue weighted by Crippen LogP contribution is -2.39. The number of carbonyl (C=O) groups is 1. The molecule has 146 valence electrons. The summed E-state index contributed by atoms with van der Waals surface area (Å²) in [5, 5.41) is 0.680. The number of carbonyl (C=O) groups excluding carboxylic acids is 1. The fourth-order valence-corrected chi connectivity index (χ4v) is 3.76. The standard InChI is InChI=1S/C21H23ClN4O2/c22-16-5-7-17(8-6-16)28-13-20-24-18-3-1-2-4-19(18)26(20)14-25-11-9-15(10-12-25)21(23)27/h1-8,15H,9-14H2,(H2,23,27). The van der Waals surface area contributed by atoms with Gasteiger partial charge >= 0.3 is 0 Å². The number of benzene rings is 2. The monoisotopic (exact) mass is 398 g/mol. The summed E-state index contributed by atoms with van der Waals surface area (Å²) in [5.41, 5.74) is 7.48. The molecule has 0 radical (unpaired) electrons. The quantitative estimate of drug-likeness (QED) is 0.690. The summed E-state index contributed by atoms with van der Waals surface area (Å²) in [7, 11) is 0. The number of ether oxygens (including phenoxy) is 1. The number of likely N-dealkylation sites (tertiary alicyclic amines) is 1. The second-order valence-corrected chi connectivity index (χ2v) is 7.56. The van der Waals surface area contributed by atoms with Gasteiger partial charge in [-0.2, -0.15) is 0 Å². The van der Waals surface area contributed by atoms with Crippen molar-refractivity contribution in [3.8, 4) is 5.75 Å². The predicted octanol–water partition coefficient (Wildman–Crippen LogP) is 3.42. The number of nitrogens with two attached hydrogens (primary N) is 1. The molecular weight excluding hydrogens is 376 g/mol. The molecule has 0 atom stereocenters. The Morgan fingerprint density at radius 3 is 2.57 bits per heavy atom. The number of halogens is 1. The van der Waals surface area contributed by atoms with Crippen LogP contribution in [0, 0.1) is 5.92 Å². The van der Waals surface area contributed by atoms with Gasteiger partial charge in [0.15, 0.2) is 0 Å². The first-order valence-electron chi connectivity index (χ1n) is 9.44. The third kappa shape index (κ3) is 4.13. The minimum absolute atomic E-state index is 0.0107. The van der Waals surface area contributed by atoms with Crippen LogP contribution in [0.25, 0.3) is 11.0 Å². The van der Waals surface area contributed by atoms with Crippen molar-refractivity contribution in [1.82, 2.24) is 14.5 Å². The van der Waals surface area contributed by atoms with Crippen LogP contribution in [0.15, 0.2) is 48.5 Å². The molecule has 4 rings (SSSR count). The average Bonchev–Trinajstić information content (AvgIpc) is 3.05. The van der Waals surface area contributed by atoms with Crippen molar-refractivity contribution >= 4 is 28.5 Å². The van der Waals surface area contributed by atoms with Crippen LogP contribution in [0.3, 0.4) is 0 Å². The van der Waals surface area contributed by atoms with Crippen molar-refractivity contribution < 1.29 is 9.53 Å². The number of fused-ring (bicyclic) bond motifs is 1. The summed E-state index contributed by atoms with van der Waals surface area (Å²) < 4.78 is 8.12. The Kier molecular flexibility index (Phi) is 5.50. The van der Waals surface area contributed by atoms with E-state index in [1.165, 1.54) is 0 Å². The van der Waals surface area contributed by atoms with E-state index in [2.05, 4.69) is 15.5 Å². The van der Waals surface area contributed by atoms with Crippen LogP contribution >= 0.6 is 11.6 Å². The third-order valence-electron chi connectivity index (χ3n) is 5.25. The van der Waals surface area contributed by atoms with Crippen molar-refractivity contribution in [2.45, 2.75) is 26.1 Å². The first-order chi connectivity index (χ1) is 13.6. The zero-order valence-electron chi connectivity index (χ0n) is 15.6. The highest BCUT2D eigenvalue weighted by Crippen LogP contribution is 2.22. The van der Waals surface area contributed by atoms with Gasteiger partial charge < -0.3 is 15.0 Å². The van der Waals surface area contributed by atoms with E-state index in [1.807, 2.05) is 42.5 Å². The van der Waals surface area contributed by atoms with Gasteiger partial charge in [-0.05, 0) is 49.2 Å². The van der Waals surface area contributed by atoms with Gasteiger partial charge in [-0.3, -0.25) is 9.69 Å². The molecule has 0 spiro atoms. The summed E-state index contributed by atoms with van der Waals surface area (Å²) >= 11 is 5.94. The molecule has 0 aliphatic carbocycles. The number of hydrogen-bond donors (Lipinski definition) is 1. The number of rotatable bonds is 6. The number of para-hydroxylation sites is 2. The molecule has 2 N–H and O–H groups in total. The number of piperidine rings is 1. The molecule has 1 amide bonds. The lowest BCUT2D eigenvalue weighted by molar-refractivity contribution is -0.123. The van der Waals surface area contributed by atoms with Gasteiger partial charge in [-0.1, -0.05) is 23.7 Å². The number of primary amides is 1. The highest BCUT2D eigenvalue weighted by atomic mass is 35.5. The highest BCUT2D eigenvalue weighted by Gasteiger charge is 2.24. The molecule has 1 aliphatic heterocycles. The number of amides is 1. The lowest BCUT2D eigenvalue weighted by Gasteiger charge is -2.31. The Hall–Kier alpha value is -2.57. The van der Waals surface area contributed by atoms with Gasteiger partial charge in [0.05, 0.1) is 17.7 Å². The molecule has 2 aromatic carbocycles. The fraction of sp³-hybridized carbons (Fsp3) is 0.333. The number of nitrogens with zero attached hydrogens (tertiary/aromatic N) is 3. The minimum atomic E-state index is -0.190. The summed E-state index contributed by atoms with van der Waals surface area (Å²) in [6.07, 6.45) is 1.61. The third-order valence-corrected chi connectivity index (χ3v) is 5.50. The number of aromatic nitrogens is 2. The smallest absolute Gasteiger partial charge is 0.220 e. The van der Waals surface area contributed by atoms with Gasteiger partial charge in [0.2, 0.25) is 5.91 Å². The largest absolute Gasteiger partial charge is 0.486 e. The molecule has 1 saturated heterocycles. The van der Waals surface area contributed by atoms with Crippen molar-refractivity contribution in [3.05, 3.63) is 59.4 Å². The summed E-state index contributed by atoms with van der Waals surface area (Å²) in [6, 6.07) is 15.4. The first kappa shape index (κ1) is 18.8. The maximum absolute atomic E-state index is 11.4. The molecule has 3 aromatic rings. The molecule has 6 nitrogen and oxygen atoms in total. The van der Waals surface area contributed by atoms with Gasteiger partial charge in [-0.15, -0.1) is 0 Å². The summed E-state index contributed by atoms with van der Waals surface area (Å²) in [6.45, 7) is 2.77. The van der Waals surface area contributed by atoms with Crippen LogP contribution in [0.2, 0.25) is 5.02 Å². The van der Waals surface area contributed by atoms with Crippen LogP contribution in [0.4, 0.5) is 0 Å². The zero-order chi connectivity index (χ0) is 19.5. The van der Waals surface area contributed by atoms with E-state index in [4.69, 9.17) is 27.1 Å². The van der Waals surface area contributed by atoms with Crippen molar-refractivity contribution in [1.29, 1.82) is 0 Å². The topological polar surface area (TPSA) is 73.4 Å². The highest BCUT2D eigenvalue weighted by molar-refractivity contribution is 6.30. The van der Waals surface area contributed by atoms with Crippen molar-refractivity contribution in [2.24, 2.45) is 11.7 Å². The van der Waals surface area contributed by atoms with Crippen LogP contribution in [0.5, 0.6) is 5.75 Å². The van der Waals surface area contributed by atoms with E-state index in [1.54, 1.807) is 0 Å². The fourth-order valence-electron chi connectivity index (χ4n) is 3.63. The molecular formula is C21H23ClN4O2. The van der Waals surface area contributed by atoms with Gasteiger partial charge in [0.1, 0.15) is 18.2 Å². The second-order valence-electron chi connectivity index (χ2n) is 7.12. The van der Waals surface area contributed by atoms with Gasteiger partial charge in [-0.25, -0.2) is 4.98 Å². The molecule has 1 aromatic heterocycles. The van der Waals surface area contributed by atoms with E-state index >= 15 is 0 Å². The van der Waals surface area contributed by atoms with Gasteiger partial charge in [0, 0.05) is 24.0 Å². The lowest BCUT2D eigenvalue weighted by atomic mass is 9.97. The van der Waals surface area contributed by atoms with Crippen LogP contribution < -0.4 is 10.5 Å². The number of hydrogen-bond acceptors (Lipinski definition) is 4. The Morgan fingerprint density at radius 2 is 1.86 bits per heavy atom. The molecule has 0 unspecified atom stereocenters. The van der Waals surface area contributed by atoms with Gasteiger partial charge in [0.25, 0.3) is 0 Å². The minimum Gasteiger partial charge on any atom is -0.486 e. The molecule has 1 aliphatic rings. The Labute approximate surface area is 168 Å². The Balaban J connectivity index is 1.52. The molecule has 2 heterocycles. The Morgan fingerprint density at radius 1 is 1.14 bits per heavy atom. The van der Waals surface area contributed by atoms with E-state index in [9.17, 15) is 4.79 Å².